The van der Waals surface area contributed by atoms with Gasteiger partial charge in [0, 0.05) is 39.0 Å². The lowest BCUT2D eigenvalue weighted by Gasteiger charge is -2.38. The topological polar surface area (TPSA) is 132 Å². The Morgan fingerprint density at radius 2 is 2.27 bits per heavy atom. The lowest BCUT2D eigenvalue weighted by molar-refractivity contribution is 0.0965. The number of aliphatic imine (C=N–C) groups is 1. The Kier molecular flexibility index (Phi) is 8.24. The maximum absolute atomic E-state index is 13.3. The summed E-state index contributed by atoms with van der Waals surface area (Å²) in [5.74, 6) is 0.0353. The average Bonchev–Trinajstić information content (AvgIpc) is 3.09. The van der Waals surface area contributed by atoms with Crippen molar-refractivity contribution < 1.29 is 13.9 Å². The molecule has 1 saturated heterocycles. The van der Waals surface area contributed by atoms with Crippen molar-refractivity contribution >= 4 is 29.6 Å². The summed E-state index contributed by atoms with van der Waals surface area (Å²) in [6.07, 6.45) is 7.81. The number of rotatable bonds is 9. The van der Waals surface area contributed by atoms with Gasteiger partial charge in [-0.05, 0) is 50.5 Å². The highest BCUT2D eigenvalue weighted by molar-refractivity contribution is 6.09. The van der Waals surface area contributed by atoms with E-state index in [-0.39, 0.29) is 17.5 Å². The van der Waals surface area contributed by atoms with Crippen LogP contribution in [0.15, 0.2) is 45.3 Å². The second kappa shape index (κ2) is 11.1. The average molecular weight is 455 g/mol. The number of hydrogen-bond donors (Lipinski definition) is 3. The Morgan fingerprint density at radius 3 is 2.94 bits per heavy atom. The van der Waals surface area contributed by atoms with Gasteiger partial charge in [0.25, 0.3) is 5.91 Å². The first-order chi connectivity index (χ1) is 15.9. The van der Waals surface area contributed by atoms with Gasteiger partial charge in [-0.25, -0.2) is 0 Å². The second-order valence-corrected chi connectivity index (χ2v) is 8.49. The van der Waals surface area contributed by atoms with Crippen molar-refractivity contribution in [1.29, 1.82) is 0 Å². The number of aryl methyl sites for hydroxylation is 1. The fourth-order valence-corrected chi connectivity index (χ4v) is 4.36. The number of hydrogen-bond acceptors (Lipinski definition) is 8. The highest BCUT2D eigenvalue weighted by Gasteiger charge is 2.27. The number of fused-ring (bicyclic) bond motifs is 1. The minimum absolute atomic E-state index is 0.0191. The first-order valence-electron chi connectivity index (χ1n) is 11.2. The molecular formula is C24H34N6O3. The summed E-state index contributed by atoms with van der Waals surface area (Å²) in [5, 5.41) is 2.93. The van der Waals surface area contributed by atoms with Gasteiger partial charge in [-0.1, -0.05) is 13.0 Å². The molecule has 0 aromatic carbocycles. The maximum Gasteiger partial charge on any atom is 0.263 e. The van der Waals surface area contributed by atoms with Crippen LogP contribution in [0, 0.1) is 5.92 Å². The van der Waals surface area contributed by atoms with E-state index in [1.807, 2.05) is 19.1 Å². The summed E-state index contributed by atoms with van der Waals surface area (Å²) in [6, 6.07) is 1.93. The van der Waals surface area contributed by atoms with Crippen LogP contribution in [0.1, 0.15) is 42.6 Å². The van der Waals surface area contributed by atoms with Gasteiger partial charge >= 0.3 is 0 Å². The fourth-order valence-electron chi connectivity index (χ4n) is 4.36. The van der Waals surface area contributed by atoms with Gasteiger partial charge in [0.05, 0.1) is 17.6 Å². The number of nitrogens with two attached hydrogens (primary N) is 2. The molecule has 0 aliphatic carbocycles. The molecule has 33 heavy (non-hydrogen) atoms. The van der Waals surface area contributed by atoms with Crippen LogP contribution < -0.4 is 16.8 Å². The molecule has 178 valence electrons. The van der Waals surface area contributed by atoms with Gasteiger partial charge in [-0.15, -0.1) is 0 Å². The quantitative estimate of drug-likeness (QED) is 0.301. The summed E-state index contributed by atoms with van der Waals surface area (Å²) in [5.41, 5.74) is 15.7. The number of amides is 1. The zero-order valence-electron chi connectivity index (χ0n) is 19.6. The molecule has 1 amide bonds. The molecule has 0 spiro atoms. The third-order valence-corrected chi connectivity index (χ3v) is 5.70. The monoisotopic (exact) mass is 454 g/mol. The zero-order valence-corrected chi connectivity index (χ0v) is 19.6. The molecule has 3 heterocycles. The van der Waals surface area contributed by atoms with Crippen LogP contribution in [0.3, 0.4) is 0 Å². The van der Waals surface area contributed by atoms with E-state index in [2.05, 4.69) is 33.8 Å². The van der Waals surface area contributed by atoms with Crippen molar-refractivity contribution in [3.63, 3.8) is 0 Å². The van der Waals surface area contributed by atoms with Gasteiger partial charge in [0.15, 0.2) is 5.58 Å². The summed E-state index contributed by atoms with van der Waals surface area (Å²) in [4.78, 5) is 23.8. The Labute approximate surface area is 194 Å². The predicted octanol–water partition coefficient (Wildman–Crippen LogP) is 2.83. The van der Waals surface area contributed by atoms with Crippen molar-refractivity contribution in [2.75, 3.05) is 32.5 Å². The smallest absolute Gasteiger partial charge is 0.263 e. The van der Waals surface area contributed by atoms with Gasteiger partial charge in [-0.3, -0.25) is 14.8 Å². The van der Waals surface area contributed by atoms with Crippen molar-refractivity contribution in [3.05, 3.63) is 47.1 Å². The van der Waals surface area contributed by atoms with Crippen molar-refractivity contribution in [3.8, 4) is 0 Å². The number of nitrogens with zero attached hydrogens (tertiary/aromatic N) is 3. The van der Waals surface area contributed by atoms with Gasteiger partial charge in [0.2, 0.25) is 5.88 Å². The number of furan rings is 1. The van der Waals surface area contributed by atoms with Gasteiger partial charge < -0.3 is 30.8 Å². The van der Waals surface area contributed by atoms with Crippen LogP contribution in [0.5, 0.6) is 0 Å². The third-order valence-electron chi connectivity index (χ3n) is 5.70. The van der Waals surface area contributed by atoms with E-state index in [9.17, 15) is 4.79 Å². The Morgan fingerprint density at radius 1 is 1.48 bits per heavy atom. The third kappa shape index (κ3) is 5.80. The highest BCUT2D eigenvalue weighted by Crippen LogP contribution is 2.28. The van der Waals surface area contributed by atoms with Crippen LogP contribution in [0.25, 0.3) is 11.1 Å². The largest absolute Gasteiger partial charge is 0.438 e. The van der Waals surface area contributed by atoms with Crippen molar-refractivity contribution in [2.45, 2.75) is 39.2 Å². The van der Waals surface area contributed by atoms with Crippen molar-refractivity contribution in [2.24, 2.45) is 16.6 Å². The summed E-state index contributed by atoms with van der Waals surface area (Å²) in [7, 11) is 1.67. The number of pyridine rings is 1. The number of piperidine rings is 1. The molecule has 0 bridgehead atoms. The van der Waals surface area contributed by atoms with Crippen molar-refractivity contribution in [1.82, 2.24) is 15.2 Å². The molecular weight excluding hydrogens is 420 g/mol. The summed E-state index contributed by atoms with van der Waals surface area (Å²) in [6.45, 7) is 9.83. The van der Waals surface area contributed by atoms with Crippen LogP contribution >= 0.6 is 0 Å². The van der Waals surface area contributed by atoms with E-state index in [1.165, 1.54) is 6.20 Å². The Hall–Kier alpha value is -3.17. The molecule has 0 saturated carbocycles. The molecule has 9 nitrogen and oxygen atoms in total. The van der Waals surface area contributed by atoms with E-state index >= 15 is 0 Å². The lowest BCUT2D eigenvalue weighted by atomic mass is 9.95. The van der Waals surface area contributed by atoms with Crippen LogP contribution in [-0.4, -0.2) is 55.4 Å². The standard InChI is InChI=1S/C24H34N6O3/c1-5-19(30-13-15(2)9-17(25)14-30)18(12-27-3)29-24(31)21-22-20(33-23(21)26)10-16(11-28-22)7-6-8-32-4/h5,10-12,15,17H,3,6-9,13-14,25-26H2,1-2,4H3,(H,29,31)/b18-12+,19-5+/t15-,17+/m1/s1. The number of aromatic nitrogens is 1. The summed E-state index contributed by atoms with van der Waals surface area (Å²) < 4.78 is 10.8. The maximum atomic E-state index is 13.3. The number of ether oxygens (including phenoxy) is 1. The van der Waals surface area contributed by atoms with E-state index in [1.54, 1.807) is 13.3 Å². The number of allylic oxidation sites excluding steroid dienone is 1. The molecule has 2 atom stereocenters. The predicted molar refractivity (Wildman–Crippen MR) is 131 cm³/mol. The Balaban J connectivity index is 1.85. The first-order valence-corrected chi connectivity index (χ1v) is 11.2. The number of methoxy groups -OCH3 is 1. The fraction of sp³-hybridized carbons (Fsp3) is 0.458. The first kappa shape index (κ1) is 24.5. The normalized spacial score (nSPS) is 19.7. The summed E-state index contributed by atoms with van der Waals surface area (Å²) >= 11 is 0. The molecule has 1 aliphatic rings. The number of nitrogens with one attached hydrogen (secondary N) is 1. The molecule has 1 fully saturated rings. The molecule has 5 N–H and O–H groups in total. The Bertz CT molecular complexity index is 1050. The highest BCUT2D eigenvalue weighted by atomic mass is 16.5. The molecule has 2 aromatic rings. The molecule has 0 radical (unpaired) electrons. The second-order valence-electron chi connectivity index (χ2n) is 8.49. The molecule has 9 heteroatoms. The number of nitrogen functional groups attached to an aromatic ring is 1. The number of anilines is 1. The van der Waals surface area contributed by atoms with Crippen LogP contribution in [-0.2, 0) is 11.2 Å². The van der Waals surface area contributed by atoms with Gasteiger partial charge in [0.1, 0.15) is 11.1 Å². The van der Waals surface area contributed by atoms with Gasteiger partial charge in [-0.2, -0.15) is 0 Å². The number of carbonyl (C=O) groups excluding carboxylic acids is 1. The van der Waals surface area contributed by atoms with Crippen LogP contribution in [0.4, 0.5) is 5.88 Å². The molecule has 1 aliphatic heterocycles. The van der Waals surface area contributed by atoms with Crippen LogP contribution in [0.2, 0.25) is 0 Å². The zero-order chi connectivity index (χ0) is 24.0. The number of carbonyl (C=O) groups is 1. The number of likely N-dealkylation sites (tertiary alicyclic amines) is 1. The molecule has 0 unspecified atom stereocenters. The molecule has 2 aromatic heterocycles. The SMILES string of the molecule is C=N/C=C(NC(=O)c1c(N)oc2cc(CCCOC)cnc12)\C(=C/C)N1C[C@H](C)C[C@H](N)C1. The lowest BCUT2D eigenvalue weighted by Crippen LogP contribution is -2.47. The van der Waals surface area contributed by atoms with E-state index < -0.39 is 5.91 Å². The van der Waals surface area contributed by atoms with E-state index in [4.69, 9.17) is 20.6 Å². The minimum atomic E-state index is -0.422. The van der Waals surface area contributed by atoms with E-state index in [0.29, 0.717) is 35.9 Å². The van der Waals surface area contributed by atoms with E-state index in [0.717, 1.165) is 37.1 Å². The molecule has 3 rings (SSSR count). The minimum Gasteiger partial charge on any atom is -0.438 e.